The molecule has 12 heavy (non-hydrogen) atoms. The van der Waals surface area contributed by atoms with Gasteiger partial charge in [0.1, 0.15) is 0 Å². The van der Waals surface area contributed by atoms with Crippen molar-refractivity contribution < 1.29 is 42.4 Å². The largest absolute Gasteiger partial charge is 1.00 e. The lowest BCUT2D eigenvalue weighted by Gasteiger charge is -1.96. The van der Waals surface area contributed by atoms with Gasteiger partial charge in [-0.3, -0.25) is 0 Å². The number of carbonyl (C=O) groups is 2. The van der Waals surface area contributed by atoms with Crippen molar-refractivity contribution in [2.75, 3.05) is 0 Å². The minimum atomic E-state index is -2.33. The van der Waals surface area contributed by atoms with Gasteiger partial charge in [-0.25, -0.2) is 4.79 Å². The summed E-state index contributed by atoms with van der Waals surface area (Å²) in [6.07, 6.45) is -4.17. The lowest BCUT2D eigenvalue weighted by Crippen LogP contribution is -3.00. The molecule has 0 aliphatic rings. The van der Waals surface area contributed by atoms with E-state index in [9.17, 15) is 0 Å². The van der Waals surface area contributed by atoms with Gasteiger partial charge in [-0.2, -0.15) is 0 Å². The van der Waals surface area contributed by atoms with Crippen LogP contribution in [0.15, 0.2) is 0 Å². The molecule has 0 spiro atoms. The maximum Gasteiger partial charge on any atom is 0.503 e. The van der Waals surface area contributed by atoms with Crippen LogP contribution in [0.25, 0.3) is 0 Å². The maximum atomic E-state index is 8.56. The Kier molecular flexibility index (Phi) is 126. The van der Waals surface area contributed by atoms with Crippen LogP contribution in [-0.2, 0) is 0 Å². The molecule has 0 aliphatic heterocycles. The third-order valence-corrected chi connectivity index (χ3v) is 0. The van der Waals surface area contributed by atoms with Crippen molar-refractivity contribution in [1.29, 1.82) is 0 Å². The van der Waals surface area contributed by atoms with Gasteiger partial charge in [0.15, 0.2) is 0 Å². The van der Waals surface area contributed by atoms with E-state index in [1.54, 1.807) is 0 Å². The summed E-state index contributed by atoms with van der Waals surface area (Å²) < 4.78 is 0. The van der Waals surface area contributed by atoms with Gasteiger partial charge >= 0.3 is 6.16 Å². The Bertz CT molecular complexity index is 78.8. The number of rotatable bonds is 0. The molecular formula is C2H14ClN3O6. The van der Waals surface area contributed by atoms with Crippen molar-refractivity contribution in [3.8, 4) is 0 Å². The van der Waals surface area contributed by atoms with Crippen LogP contribution < -0.4 is 41.1 Å². The summed E-state index contributed by atoms with van der Waals surface area (Å²) in [5, 5.41) is 30.6. The lowest BCUT2D eigenvalue weighted by atomic mass is 11.5. The van der Waals surface area contributed by atoms with Crippen molar-refractivity contribution in [3.05, 3.63) is 0 Å². The molecule has 0 atom stereocenters. The molecule has 0 heterocycles. The van der Waals surface area contributed by atoms with Gasteiger partial charge in [0.25, 0.3) is 0 Å². The number of carbonyl (C=O) groups excluding carboxylic acids is 1. The summed E-state index contributed by atoms with van der Waals surface area (Å²) in [5.41, 5.74) is 0. The highest BCUT2D eigenvalue weighted by Crippen LogP contribution is 1.42. The van der Waals surface area contributed by atoms with Gasteiger partial charge < -0.3 is 56.1 Å². The third kappa shape index (κ3) is 311. The zero-order chi connectivity index (χ0) is 7.15. The molecule has 0 saturated heterocycles. The minimum absolute atomic E-state index is 0. The van der Waals surface area contributed by atoms with Gasteiger partial charge in [0.05, 0.1) is 0 Å². The average molecular weight is 212 g/mol. The number of carboxylic acid groups (broad SMARTS) is 4. The van der Waals surface area contributed by atoms with E-state index < -0.39 is 12.3 Å². The van der Waals surface area contributed by atoms with Crippen LogP contribution in [0.2, 0.25) is 0 Å². The van der Waals surface area contributed by atoms with Crippen LogP contribution in [0, 0.1) is 0 Å². The summed E-state index contributed by atoms with van der Waals surface area (Å²) in [6, 6.07) is 0. The minimum Gasteiger partial charge on any atom is -1.00 e. The maximum absolute atomic E-state index is 8.56. The molecular weight excluding hydrogens is 197 g/mol. The molecule has 0 aromatic rings. The normalized spacial score (nSPS) is 4.00. The Morgan fingerprint density at radius 2 is 0.917 bits per heavy atom. The SMILES string of the molecule is O=C(O)O.O=C([O-])[O-].[Cl-].[NH4+].[NH4+].[NH4+]. The van der Waals surface area contributed by atoms with Crippen molar-refractivity contribution in [3.63, 3.8) is 0 Å². The summed E-state index contributed by atoms with van der Waals surface area (Å²) in [7, 11) is 0. The predicted octanol–water partition coefficient (Wildman–Crippen LogP) is -4.09. The first-order valence-electron chi connectivity index (χ1n) is 1.26. The van der Waals surface area contributed by atoms with Crippen molar-refractivity contribution in [2.24, 2.45) is 0 Å². The van der Waals surface area contributed by atoms with E-state index in [4.69, 9.17) is 30.0 Å². The molecule has 80 valence electrons. The summed E-state index contributed by atoms with van der Waals surface area (Å²) in [5.74, 6) is 0. The highest BCUT2D eigenvalue weighted by atomic mass is 35.5. The van der Waals surface area contributed by atoms with E-state index in [2.05, 4.69) is 0 Å². The van der Waals surface area contributed by atoms with Crippen molar-refractivity contribution >= 4 is 12.3 Å². The van der Waals surface area contributed by atoms with E-state index in [1.165, 1.54) is 0 Å². The molecule has 0 radical (unpaired) electrons. The summed E-state index contributed by atoms with van der Waals surface area (Å²) in [4.78, 5) is 16.9. The highest BCUT2D eigenvalue weighted by molar-refractivity contribution is 5.53. The smallest absolute Gasteiger partial charge is 0.503 e. The molecule has 10 heteroatoms. The van der Waals surface area contributed by atoms with Crippen molar-refractivity contribution in [1.82, 2.24) is 18.5 Å². The van der Waals surface area contributed by atoms with E-state index in [0.717, 1.165) is 0 Å². The summed E-state index contributed by atoms with van der Waals surface area (Å²) >= 11 is 0. The van der Waals surface area contributed by atoms with Crippen LogP contribution in [0.1, 0.15) is 0 Å². The lowest BCUT2D eigenvalue weighted by molar-refractivity contribution is -0.415. The van der Waals surface area contributed by atoms with E-state index in [-0.39, 0.29) is 30.9 Å². The molecule has 0 amide bonds. The van der Waals surface area contributed by atoms with E-state index in [1.807, 2.05) is 0 Å². The number of quaternary nitrogens is 3. The number of hydrogen-bond acceptors (Lipinski definition) is 4. The Morgan fingerprint density at radius 1 is 0.917 bits per heavy atom. The Hall–Kier alpha value is -1.29. The fourth-order valence-corrected chi connectivity index (χ4v) is 0. The van der Waals surface area contributed by atoms with E-state index in [0.29, 0.717) is 0 Å². The summed E-state index contributed by atoms with van der Waals surface area (Å²) in [6.45, 7) is 0. The second-order valence-electron chi connectivity index (χ2n) is 0.533. The fraction of sp³-hybridized carbons (Fsp3) is 0. The fourth-order valence-electron chi connectivity index (χ4n) is 0. The zero-order valence-electron chi connectivity index (χ0n) is 6.91. The highest BCUT2D eigenvalue weighted by Gasteiger charge is 1.70. The van der Waals surface area contributed by atoms with E-state index >= 15 is 0 Å². The van der Waals surface area contributed by atoms with Gasteiger partial charge in [-0.15, -0.1) is 0 Å². The second-order valence-corrected chi connectivity index (χ2v) is 0.533. The Balaban J connectivity index is -0.0000000112. The molecule has 0 aliphatic carbocycles. The van der Waals surface area contributed by atoms with Gasteiger partial charge in [0.2, 0.25) is 0 Å². The van der Waals surface area contributed by atoms with Gasteiger partial charge in [-0.05, 0) is 6.16 Å². The van der Waals surface area contributed by atoms with Crippen molar-refractivity contribution in [2.45, 2.75) is 0 Å². The molecule has 0 saturated carbocycles. The van der Waals surface area contributed by atoms with Gasteiger partial charge in [-0.1, -0.05) is 0 Å². The first kappa shape index (κ1) is 45.5. The molecule has 14 N–H and O–H groups in total. The number of hydrogen-bond donors (Lipinski definition) is 5. The first-order valence-corrected chi connectivity index (χ1v) is 1.26. The van der Waals surface area contributed by atoms with Crippen LogP contribution in [0.5, 0.6) is 0 Å². The average Bonchev–Trinajstić information content (AvgIpc) is 1.25. The molecule has 0 bridgehead atoms. The molecule has 9 nitrogen and oxygen atoms in total. The van der Waals surface area contributed by atoms with Crippen LogP contribution in [0.3, 0.4) is 0 Å². The van der Waals surface area contributed by atoms with Crippen LogP contribution in [0.4, 0.5) is 9.59 Å². The molecule has 0 fully saturated rings. The molecule has 0 aromatic heterocycles. The molecule has 0 rings (SSSR count). The standard InChI is InChI=1S/2CH2O3.ClH.3H3N/c2*2-1(3)4;;;;/h2*(H2,2,3,4);1H;3*1H3. The second kappa shape index (κ2) is 33.2. The first-order chi connectivity index (χ1) is 3.46. The Morgan fingerprint density at radius 3 is 0.917 bits per heavy atom. The van der Waals surface area contributed by atoms with Gasteiger partial charge in [0, 0.05) is 0 Å². The predicted molar refractivity (Wildman–Crippen MR) is 34.0 cm³/mol. The quantitative estimate of drug-likeness (QED) is 0.267. The zero-order valence-corrected chi connectivity index (χ0v) is 7.66. The topological polar surface area (TPSA) is 230 Å². The number of halogens is 1. The third-order valence-electron chi connectivity index (χ3n) is 0. The Labute approximate surface area is 74.2 Å². The molecule has 0 aromatic carbocycles. The van der Waals surface area contributed by atoms with Crippen LogP contribution in [-0.4, -0.2) is 22.5 Å². The van der Waals surface area contributed by atoms with Crippen LogP contribution >= 0.6 is 0 Å². The molecule has 0 unspecified atom stereocenters. The monoisotopic (exact) mass is 211 g/mol.